The van der Waals surface area contributed by atoms with Crippen LogP contribution in [-0.2, 0) is 16.1 Å². The highest BCUT2D eigenvalue weighted by atomic mass is 35.5. The van der Waals surface area contributed by atoms with Gasteiger partial charge in [-0.15, -0.1) is 0 Å². The number of hydrogen-bond acceptors (Lipinski definition) is 8. The van der Waals surface area contributed by atoms with E-state index in [-0.39, 0.29) is 25.0 Å². The van der Waals surface area contributed by atoms with E-state index >= 15 is 0 Å². The lowest BCUT2D eigenvalue weighted by Gasteiger charge is -2.18. The zero-order valence-electron chi connectivity index (χ0n) is 21.0. The van der Waals surface area contributed by atoms with Crippen molar-refractivity contribution in [3.63, 3.8) is 0 Å². The number of rotatable bonds is 10. The lowest BCUT2D eigenvalue weighted by molar-refractivity contribution is -0.134. The van der Waals surface area contributed by atoms with E-state index in [9.17, 15) is 4.79 Å². The van der Waals surface area contributed by atoms with Crippen molar-refractivity contribution in [2.45, 2.75) is 13.0 Å². The van der Waals surface area contributed by atoms with E-state index in [0.717, 1.165) is 23.0 Å². The number of hydrogen-bond donors (Lipinski definition) is 1. The summed E-state index contributed by atoms with van der Waals surface area (Å²) in [6.45, 7) is 2.19. The molecule has 1 aliphatic heterocycles. The molecule has 1 atom stereocenters. The highest BCUT2D eigenvalue weighted by Crippen LogP contribution is 2.38. The fourth-order valence-corrected chi connectivity index (χ4v) is 4.65. The summed E-state index contributed by atoms with van der Waals surface area (Å²) in [5, 5.41) is 4.58. The minimum Gasteiger partial charge on any atom is -0.492 e. The second-order valence-electron chi connectivity index (χ2n) is 8.96. The van der Waals surface area contributed by atoms with Gasteiger partial charge in [-0.3, -0.25) is 9.78 Å². The van der Waals surface area contributed by atoms with E-state index in [1.54, 1.807) is 12.3 Å². The van der Waals surface area contributed by atoms with Crippen LogP contribution in [0.25, 0.3) is 10.9 Å². The second kappa shape index (κ2) is 12.1. The number of likely N-dealkylation sites (tertiary alicyclic amines) is 1. The summed E-state index contributed by atoms with van der Waals surface area (Å²) in [4.78, 5) is 27.2. The summed E-state index contributed by atoms with van der Waals surface area (Å²) >= 11 is 6.51. The predicted molar refractivity (Wildman–Crippen MR) is 145 cm³/mol. The Morgan fingerprint density at radius 1 is 1.08 bits per heavy atom. The molecule has 9 nitrogen and oxygen atoms in total. The van der Waals surface area contributed by atoms with Gasteiger partial charge in [-0.2, -0.15) is 0 Å². The number of nitrogens with one attached hydrogen (secondary N) is 1. The predicted octanol–water partition coefficient (Wildman–Crippen LogP) is 4.87. The maximum atomic E-state index is 12.1. The van der Waals surface area contributed by atoms with Crippen molar-refractivity contribution >= 4 is 39.9 Å². The first-order valence-electron chi connectivity index (χ1n) is 12.3. The summed E-state index contributed by atoms with van der Waals surface area (Å²) in [5.41, 5.74) is 2.18. The van der Waals surface area contributed by atoms with Crippen molar-refractivity contribution in [1.82, 2.24) is 19.9 Å². The van der Waals surface area contributed by atoms with E-state index in [0.29, 0.717) is 47.7 Å². The first-order chi connectivity index (χ1) is 18.6. The van der Waals surface area contributed by atoms with Crippen LogP contribution in [0.2, 0.25) is 5.02 Å². The molecule has 10 heteroatoms. The second-order valence-corrected chi connectivity index (χ2v) is 9.37. The quantitative estimate of drug-likeness (QED) is 0.308. The molecule has 0 bridgehead atoms. The minimum atomic E-state index is 0.00244. The number of pyridine rings is 1. The number of ether oxygens (including phenoxy) is 3. The van der Waals surface area contributed by atoms with Crippen molar-refractivity contribution in [2.24, 2.45) is 5.92 Å². The molecule has 1 saturated heterocycles. The zero-order chi connectivity index (χ0) is 26.3. The standard InChI is InChI=1S/C28H28ClN5O4/c1-36-17-25(35)34-13-11-19(14-34)15-37-24-10-5-8-22-26(24)28(32-18-31-22)33-23-9-4-7-21(29)27(23)38-16-20-6-2-3-12-30-20/h2-10,12,18-19H,11,13-17H2,1H3,(H,31,32,33)/t19-/m0/s1. The Kier molecular flexibility index (Phi) is 8.15. The molecule has 2 aromatic carbocycles. The van der Waals surface area contributed by atoms with Gasteiger partial charge in [-0.05, 0) is 42.8 Å². The number of carbonyl (C=O) groups is 1. The number of halogens is 1. The molecule has 0 saturated carbocycles. The van der Waals surface area contributed by atoms with Crippen LogP contribution >= 0.6 is 11.6 Å². The van der Waals surface area contributed by atoms with Crippen molar-refractivity contribution in [3.8, 4) is 11.5 Å². The molecule has 0 radical (unpaired) electrons. The van der Waals surface area contributed by atoms with Crippen LogP contribution in [0.15, 0.2) is 67.1 Å². The number of para-hydroxylation sites is 1. The van der Waals surface area contributed by atoms with E-state index < -0.39 is 0 Å². The van der Waals surface area contributed by atoms with E-state index in [1.165, 1.54) is 13.4 Å². The largest absolute Gasteiger partial charge is 0.492 e. The van der Waals surface area contributed by atoms with Gasteiger partial charge in [0.15, 0.2) is 5.75 Å². The van der Waals surface area contributed by atoms with E-state index in [1.807, 2.05) is 53.4 Å². The maximum Gasteiger partial charge on any atom is 0.248 e. The van der Waals surface area contributed by atoms with Crippen LogP contribution in [0, 0.1) is 5.92 Å². The van der Waals surface area contributed by atoms with Crippen LogP contribution in [-0.4, -0.2) is 59.2 Å². The molecule has 0 aliphatic carbocycles. The monoisotopic (exact) mass is 533 g/mol. The van der Waals surface area contributed by atoms with E-state index in [2.05, 4.69) is 20.3 Å². The number of fused-ring (bicyclic) bond motifs is 1. The number of carbonyl (C=O) groups excluding carboxylic acids is 1. The molecule has 1 aliphatic rings. The third kappa shape index (κ3) is 5.95. The molecule has 196 valence electrons. The number of methoxy groups -OCH3 is 1. The van der Waals surface area contributed by atoms with Gasteiger partial charge in [0.2, 0.25) is 5.91 Å². The van der Waals surface area contributed by atoms with Gasteiger partial charge >= 0.3 is 0 Å². The molecule has 0 unspecified atom stereocenters. The zero-order valence-corrected chi connectivity index (χ0v) is 21.7. The Morgan fingerprint density at radius 2 is 1.97 bits per heavy atom. The summed E-state index contributed by atoms with van der Waals surface area (Å²) < 4.78 is 17.3. The molecule has 0 spiro atoms. The first-order valence-corrected chi connectivity index (χ1v) is 12.7. The summed E-state index contributed by atoms with van der Waals surface area (Å²) in [5.74, 6) is 1.95. The van der Waals surface area contributed by atoms with Crippen molar-refractivity contribution in [3.05, 3.63) is 77.8 Å². The van der Waals surface area contributed by atoms with Gasteiger partial charge in [0.05, 0.1) is 33.9 Å². The van der Waals surface area contributed by atoms with Gasteiger partial charge in [-0.1, -0.05) is 29.8 Å². The van der Waals surface area contributed by atoms with Crippen molar-refractivity contribution in [1.29, 1.82) is 0 Å². The molecule has 1 amide bonds. The Morgan fingerprint density at radius 3 is 2.82 bits per heavy atom. The fourth-order valence-electron chi connectivity index (χ4n) is 4.42. The average Bonchev–Trinajstić information content (AvgIpc) is 3.42. The van der Waals surface area contributed by atoms with Crippen molar-refractivity contribution < 1.29 is 19.0 Å². The fraction of sp³-hybridized carbons (Fsp3) is 0.286. The molecule has 4 aromatic rings. The molecule has 38 heavy (non-hydrogen) atoms. The molecule has 1 fully saturated rings. The van der Waals surface area contributed by atoms with Gasteiger partial charge < -0.3 is 24.4 Å². The Labute approximate surface area is 225 Å². The van der Waals surface area contributed by atoms with Crippen LogP contribution in [0.4, 0.5) is 11.5 Å². The van der Waals surface area contributed by atoms with Gasteiger partial charge in [-0.25, -0.2) is 9.97 Å². The highest BCUT2D eigenvalue weighted by molar-refractivity contribution is 6.32. The topological polar surface area (TPSA) is 98.7 Å². The lowest BCUT2D eigenvalue weighted by atomic mass is 10.1. The number of anilines is 2. The average molecular weight is 534 g/mol. The molecule has 3 heterocycles. The smallest absolute Gasteiger partial charge is 0.248 e. The molecule has 2 aromatic heterocycles. The Hall–Kier alpha value is -3.95. The van der Waals surface area contributed by atoms with Crippen LogP contribution in [0.1, 0.15) is 12.1 Å². The summed E-state index contributed by atoms with van der Waals surface area (Å²) in [6.07, 6.45) is 4.10. The molecular formula is C28H28ClN5O4. The number of aromatic nitrogens is 3. The minimum absolute atomic E-state index is 0.00244. The molecule has 1 N–H and O–H groups in total. The van der Waals surface area contributed by atoms with Gasteiger partial charge in [0, 0.05) is 32.3 Å². The number of amides is 1. The highest BCUT2D eigenvalue weighted by Gasteiger charge is 2.27. The maximum absolute atomic E-state index is 12.1. The SMILES string of the molecule is COCC(=O)N1CC[C@H](COc2cccc3ncnc(Nc4cccc(Cl)c4OCc4ccccn4)c23)C1. The van der Waals surface area contributed by atoms with Crippen LogP contribution in [0.5, 0.6) is 11.5 Å². The molecule has 5 rings (SSSR count). The Balaban J connectivity index is 1.35. The Bertz CT molecular complexity index is 1400. The van der Waals surface area contributed by atoms with E-state index in [4.69, 9.17) is 25.8 Å². The normalized spacial score (nSPS) is 15.0. The number of nitrogens with zero attached hydrogens (tertiary/aromatic N) is 4. The number of benzene rings is 2. The third-order valence-corrected chi connectivity index (χ3v) is 6.61. The van der Waals surface area contributed by atoms with Gasteiger partial charge in [0.25, 0.3) is 0 Å². The first kappa shape index (κ1) is 25.7. The lowest BCUT2D eigenvalue weighted by Crippen LogP contribution is -2.32. The van der Waals surface area contributed by atoms with Crippen LogP contribution in [0.3, 0.4) is 0 Å². The van der Waals surface area contributed by atoms with Crippen LogP contribution < -0.4 is 14.8 Å². The summed E-state index contributed by atoms with van der Waals surface area (Å²) in [6, 6.07) is 16.9. The molecular weight excluding hydrogens is 506 g/mol. The summed E-state index contributed by atoms with van der Waals surface area (Å²) in [7, 11) is 1.53. The van der Waals surface area contributed by atoms with Crippen molar-refractivity contribution in [2.75, 3.05) is 38.7 Å². The third-order valence-electron chi connectivity index (χ3n) is 6.32. The van der Waals surface area contributed by atoms with Gasteiger partial charge in [0.1, 0.15) is 31.1 Å².